The zero-order chi connectivity index (χ0) is 12.6. The molecule has 0 bridgehead atoms. The van der Waals surface area contributed by atoms with Crippen molar-refractivity contribution in [2.75, 3.05) is 6.61 Å². The van der Waals surface area contributed by atoms with Gasteiger partial charge in [-0.3, -0.25) is 14.3 Å². The fourth-order valence-electron chi connectivity index (χ4n) is 1.72. The Morgan fingerprint density at radius 2 is 2.29 bits per heavy atom. The van der Waals surface area contributed by atoms with Crippen molar-refractivity contribution in [2.45, 2.75) is 23.1 Å². The molecule has 0 aliphatic carbocycles. The number of H-pyrrole nitrogens is 1. The molecule has 1 aliphatic heterocycles. The summed E-state index contributed by atoms with van der Waals surface area (Å²) in [5.74, 6) is -1.05. The van der Waals surface area contributed by atoms with Crippen LogP contribution in [0.4, 0.5) is 4.39 Å². The zero-order valence-corrected chi connectivity index (χ0v) is 9.48. The molecule has 1 aromatic heterocycles. The molecule has 3 N–H and O–H groups in total. The van der Waals surface area contributed by atoms with E-state index in [4.69, 9.17) is 5.11 Å². The first-order chi connectivity index (χ1) is 8.02. The number of hydrogen-bond donors (Lipinski definition) is 3. The Morgan fingerprint density at radius 3 is 2.88 bits per heavy atom. The van der Waals surface area contributed by atoms with Crippen molar-refractivity contribution in [1.82, 2.24) is 9.55 Å². The predicted molar refractivity (Wildman–Crippen MR) is 59.4 cm³/mol. The highest BCUT2D eigenvalue weighted by Gasteiger charge is 2.34. The third-order valence-corrected chi connectivity index (χ3v) is 4.17. The predicted octanol–water partition coefficient (Wildman–Crippen LogP) is -0.967. The van der Waals surface area contributed by atoms with Crippen LogP contribution in [0.2, 0.25) is 0 Å². The minimum Gasteiger partial charge on any atom is -0.395 e. The maximum Gasteiger partial charge on any atom is 0.329 e. The first-order valence-corrected chi connectivity index (χ1v) is 5.92. The summed E-state index contributed by atoms with van der Waals surface area (Å²) in [5.41, 5.74) is -1.78. The van der Waals surface area contributed by atoms with Crippen molar-refractivity contribution >= 4 is 11.8 Å². The van der Waals surface area contributed by atoms with Crippen LogP contribution < -0.4 is 11.2 Å². The van der Waals surface area contributed by atoms with E-state index in [9.17, 15) is 19.1 Å². The minimum absolute atomic E-state index is 0.219. The van der Waals surface area contributed by atoms with Crippen LogP contribution in [0.25, 0.3) is 0 Å². The molecule has 0 amide bonds. The molecule has 0 saturated carbocycles. The van der Waals surface area contributed by atoms with Gasteiger partial charge in [0, 0.05) is 6.42 Å². The lowest BCUT2D eigenvalue weighted by Gasteiger charge is -2.12. The van der Waals surface area contributed by atoms with Crippen molar-refractivity contribution in [1.29, 1.82) is 0 Å². The van der Waals surface area contributed by atoms with E-state index in [2.05, 4.69) is 0 Å². The third-order valence-electron chi connectivity index (χ3n) is 2.62. The van der Waals surface area contributed by atoms with Crippen molar-refractivity contribution < 1.29 is 14.6 Å². The standard InChI is InChI=1S/C9H11FN2O4S/c10-4-2-12(9(16)11-8(4)15)7-1-5(14)6(3-13)17-7/h2,5-7,13-14H,1,3H2,(H,11,15,16)/t5-,6+,7?/m0/s1. The van der Waals surface area contributed by atoms with Gasteiger partial charge in [0.25, 0.3) is 5.56 Å². The van der Waals surface area contributed by atoms with Gasteiger partial charge in [-0.25, -0.2) is 4.79 Å². The van der Waals surface area contributed by atoms with Crippen LogP contribution in [0.5, 0.6) is 0 Å². The summed E-state index contributed by atoms with van der Waals surface area (Å²) in [6.07, 6.45) is 0.295. The van der Waals surface area contributed by atoms with Crippen LogP contribution >= 0.6 is 11.8 Å². The first-order valence-electron chi connectivity index (χ1n) is 4.98. The molecule has 0 aromatic carbocycles. The summed E-state index contributed by atoms with van der Waals surface area (Å²) in [4.78, 5) is 24.2. The van der Waals surface area contributed by atoms with E-state index in [0.29, 0.717) is 0 Å². The van der Waals surface area contributed by atoms with Crippen molar-refractivity contribution in [3.05, 3.63) is 32.9 Å². The zero-order valence-electron chi connectivity index (χ0n) is 8.67. The Bertz CT molecular complexity index is 528. The van der Waals surface area contributed by atoms with E-state index in [1.807, 2.05) is 4.98 Å². The second kappa shape index (κ2) is 4.63. The molecule has 1 saturated heterocycles. The van der Waals surface area contributed by atoms with Crippen LogP contribution in [-0.2, 0) is 0 Å². The van der Waals surface area contributed by atoms with E-state index in [1.54, 1.807) is 0 Å². The Kier molecular flexibility index (Phi) is 3.36. The summed E-state index contributed by atoms with van der Waals surface area (Å²) in [6.45, 7) is -0.219. The summed E-state index contributed by atoms with van der Waals surface area (Å²) in [6, 6.07) is 0. The van der Waals surface area contributed by atoms with Gasteiger partial charge in [-0.2, -0.15) is 4.39 Å². The topological polar surface area (TPSA) is 95.3 Å². The van der Waals surface area contributed by atoms with Gasteiger partial charge >= 0.3 is 5.69 Å². The lowest BCUT2D eigenvalue weighted by molar-refractivity contribution is 0.137. The number of aliphatic hydroxyl groups excluding tert-OH is 2. The Labute approximate surface area is 99.1 Å². The van der Waals surface area contributed by atoms with Crippen molar-refractivity contribution in [2.24, 2.45) is 0 Å². The second-order valence-corrected chi connectivity index (χ2v) is 5.18. The molecule has 1 aromatic rings. The van der Waals surface area contributed by atoms with E-state index in [-0.39, 0.29) is 13.0 Å². The van der Waals surface area contributed by atoms with Crippen molar-refractivity contribution in [3.63, 3.8) is 0 Å². The van der Waals surface area contributed by atoms with E-state index < -0.39 is 33.8 Å². The van der Waals surface area contributed by atoms with Crippen LogP contribution in [0.3, 0.4) is 0 Å². The average molecular weight is 262 g/mol. The van der Waals surface area contributed by atoms with Gasteiger partial charge < -0.3 is 10.2 Å². The van der Waals surface area contributed by atoms with Gasteiger partial charge in [0.05, 0.1) is 29.5 Å². The fourth-order valence-corrected chi connectivity index (χ4v) is 3.10. The molecule has 2 rings (SSSR count). The summed E-state index contributed by atoms with van der Waals surface area (Å²) in [7, 11) is 0. The molecule has 0 spiro atoms. The van der Waals surface area contributed by atoms with Crippen LogP contribution in [0, 0.1) is 5.82 Å². The first kappa shape index (κ1) is 12.3. The fraction of sp³-hybridized carbons (Fsp3) is 0.556. The number of nitrogens with one attached hydrogen (secondary N) is 1. The van der Waals surface area contributed by atoms with Crippen LogP contribution in [0.1, 0.15) is 11.8 Å². The highest BCUT2D eigenvalue weighted by Crippen LogP contribution is 2.40. The van der Waals surface area contributed by atoms with E-state index >= 15 is 0 Å². The van der Waals surface area contributed by atoms with Crippen LogP contribution in [0.15, 0.2) is 15.8 Å². The third kappa shape index (κ3) is 2.28. The highest BCUT2D eigenvalue weighted by atomic mass is 32.2. The number of halogens is 1. The van der Waals surface area contributed by atoms with Gasteiger partial charge in [0.2, 0.25) is 5.82 Å². The number of thioether (sulfide) groups is 1. The number of nitrogens with zero attached hydrogens (tertiary/aromatic N) is 1. The molecule has 6 nitrogen and oxygen atoms in total. The molecular weight excluding hydrogens is 251 g/mol. The smallest absolute Gasteiger partial charge is 0.329 e. The SMILES string of the molecule is O=c1[nH]c(=O)n(C2C[C@H](O)[C@@H](CO)S2)cc1F. The van der Waals surface area contributed by atoms with Gasteiger partial charge in [0.1, 0.15) is 0 Å². The normalized spacial score (nSPS) is 28.5. The van der Waals surface area contributed by atoms with Crippen LogP contribution in [-0.4, -0.2) is 37.7 Å². The molecule has 3 atom stereocenters. The van der Waals surface area contributed by atoms with Gasteiger partial charge in [-0.15, -0.1) is 11.8 Å². The lowest BCUT2D eigenvalue weighted by atomic mass is 10.2. The maximum atomic E-state index is 13.1. The number of aromatic nitrogens is 2. The minimum atomic E-state index is -1.06. The molecule has 17 heavy (non-hydrogen) atoms. The largest absolute Gasteiger partial charge is 0.395 e. The number of aliphatic hydroxyl groups is 2. The second-order valence-electron chi connectivity index (χ2n) is 3.76. The highest BCUT2D eigenvalue weighted by molar-refractivity contribution is 8.00. The molecule has 0 radical (unpaired) electrons. The summed E-state index contributed by atoms with van der Waals surface area (Å²) in [5, 5.41) is 17.7. The number of rotatable bonds is 2. The number of aromatic amines is 1. The van der Waals surface area contributed by atoms with E-state index in [0.717, 1.165) is 10.8 Å². The quantitative estimate of drug-likeness (QED) is 0.637. The number of hydrogen-bond acceptors (Lipinski definition) is 5. The molecule has 8 heteroatoms. The molecular formula is C9H11FN2O4S. The van der Waals surface area contributed by atoms with E-state index in [1.165, 1.54) is 11.8 Å². The van der Waals surface area contributed by atoms with Gasteiger partial charge in [-0.1, -0.05) is 0 Å². The van der Waals surface area contributed by atoms with Gasteiger partial charge in [-0.05, 0) is 0 Å². The molecule has 1 fully saturated rings. The summed E-state index contributed by atoms with van der Waals surface area (Å²) < 4.78 is 14.1. The maximum absolute atomic E-state index is 13.1. The molecule has 1 unspecified atom stereocenters. The summed E-state index contributed by atoms with van der Waals surface area (Å²) >= 11 is 1.17. The Hall–Kier alpha value is -1.12. The Balaban J connectivity index is 2.34. The lowest BCUT2D eigenvalue weighted by Crippen LogP contribution is -2.32. The molecule has 2 heterocycles. The molecule has 94 valence electrons. The van der Waals surface area contributed by atoms with Crippen molar-refractivity contribution in [3.8, 4) is 0 Å². The van der Waals surface area contributed by atoms with Gasteiger partial charge in [0.15, 0.2) is 0 Å². The Morgan fingerprint density at radius 1 is 1.59 bits per heavy atom. The average Bonchev–Trinajstić information content (AvgIpc) is 2.65. The monoisotopic (exact) mass is 262 g/mol. The molecule has 1 aliphatic rings.